The predicted molar refractivity (Wildman–Crippen MR) is 127 cm³/mol. The quantitative estimate of drug-likeness (QED) is 0.546. The molecule has 4 nitrogen and oxygen atoms in total. The molecule has 2 aromatic carbocycles. The number of benzene rings is 2. The van der Waals surface area contributed by atoms with E-state index in [1.165, 1.54) is 51.6 Å². The van der Waals surface area contributed by atoms with Crippen LogP contribution in [0, 0.1) is 5.92 Å². The Morgan fingerprint density at radius 3 is 2.42 bits per heavy atom. The van der Waals surface area contributed by atoms with Gasteiger partial charge in [-0.3, -0.25) is 9.59 Å². The average Bonchev–Trinajstić information content (AvgIpc) is 2.80. The fourth-order valence-electron chi connectivity index (χ4n) is 5.79. The fourth-order valence-corrected chi connectivity index (χ4v) is 5.79. The molecular weight excluding hydrogens is 408 g/mol. The molecule has 2 atom stereocenters. The van der Waals surface area contributed by atoms with E-state index in [0.29, 0.717) is 22.3 Å². The summed E-state index contributed by atoms with van der Waals surface area (Å²) in [6, 6.07) is 13.5. The van der Waals surface area contributed by atoms with E-state index in [4.69, 9.17) is 0 Å². The molecule has 0 spiro atoms. The molecule has 2 heterocycles. The summed E-state index contributed by atoms with van der Waals surface area (Å²) < 4.78 is 0. The van der Waals surface area contributed by atoms with Crippen LogP contribution >= 0.6 is 12.4 Å². The van der Waals surface area contributed by atoms with Crippen molar-refractivity contribution in [2.45, 2.75) is 51.0 Å². The third kappa shape index (κ3) is 4.16. The van der Waals surface area contributed by atoms with Gasteiger partial charge in [0.2, 0.25) is 0 Å². The third-order valence-corrected chi connectivity index (χ3v) is 7.25. The number of piperidine rings is 2. The van der Waals surface area contributed by atoms with Crippen LogP contribution in [0.1, 0.15) is 76.8 Å². The maximum atomic E-state index is 13.1. The second kappa shape index (κ2) is 9.54. The average molecular weight is 439 g/mol. The predicted octanol–water partition coefficient (Wildman–Crippen LogP) is 5.34. The van der Waals surface area contributed by atoms with Gasteiger partial charge in [-0.1, -0.05) is 42.8 Å². The molecule has 3 aliphatic rings. The molecule has 0 radical (unpaired) electrons. The summed E-state index contributed by atoms with van der Waals surface area (Å²) in [4.78, 5) is 28.7. The minimum absolute atomic E-state index is 0. The second-order valence-electron chi connectivity index (χ2n) is 9.00. The maximum absolute atomic E-state index is 13.1. The molecule has 0 amide bonds. The van der Waals surface area contributed by atoms with Gasteiger partial charge in [0, 0.05) is 35.0 Å². The van der Waals surface area contributed by atoms with Crippen molar-refractivity contribution in [1.29, 1.82) is 0 Å². The van der Waals surface area contributed by atoms with Crippen LogP contribution in [-0.4, -0.2) is 42.1 Å². The molecule has 5 rings (SSSR count). The Morgan fingerprint density at radius 2 is 1.58 bits per heavy atom. The number of rotatable bonds is 5. The second-order valence-corrected chi connectivity index (χ2v) is 9.00. The third-order valence-electron chi connectivity index (χ3n) is 7.25. The molecule has 1 N–H and O–H groups in total. The van der Waals surface area contributed by atoms with E-state index in [2.05, 4.69) is 10.2 Å². The van der Waals surface area contributed by atoms with Crippen molar-refractivity contribution in [3.63, 3.8) is 0 Å². The smallest absolute Gasteiger partial charge is 0.196 e. The number of fused-ring (bicyclic) bond motifs is 3. The van der Waals surface area contributed by atoms with E-state index in [1.807, 2.05) is 24.3 Å². The van der Waals surface area contributed by atoms with Crippen LogP contribution in [0.2, 0.25) is 0 Å². The minimum Gasteiger partial charge on any atom is -0.384 e. The summed E-state index contributed by atoms with van der Waals surface area (Å²) in [6.45, 7) is 3.41. The van der Waals surface area contributed by atoms with Crippen LogP contribution in [0.3, 0.4) is 0 Å². The van der Waals surface area contributed by atoms with Crippen LogP contribution in [-0.2, 0) is 0 Å². The Hall–Kier alpha value is -2.17. The zero-order chi connectivity index (χ0) is 20.5. The van der Waals surface area contributed by atoms with Gasteiger partial charge < -0.3 is 10.2 Å². The van der Waals surface area contributed by atoms with Gasteiger partial charge in [-0.15, -0.1) is 12.4 Å². The first-order valence-electron chi connectivity index (χ1n) is 11.5. The van der Waals surface area contributed by atoms with Crippen LogP contribution < -0.4 is 5.32 Å². The number of ketones is 2. The van der Waals surface area contributed by atoms with Gasteiger partial charge in [0.1, 0.15) is 0 Å². The molecule has 2 unspecified atom stereocenters. The zero-order valence-corrected chi connectivity index (χ0v) is 18.8. The molecule has 0 bridgehead atoms. The molecule has 2 saturated heterocycles. The lowest BCUT2D eigenvalue weighted by molar-refractivity contribution is 0.0553. The maximum Gasteiger partial charge on any atom is 0.196 e. The van der Waals surface area contributed by atoms with Crippen LogP contribution in [0.25, 0.3) is 0 Å². The molecule has 0 saturated carbocycles. The van der Waals surface area contributed by atoms with E-state index < -0.39 is 0 Å². The number of nitrogens with zero attached hydrogens (tertiary/aromatic N) is 1. The lowest BCUT2D eigenvalue weighted by atomic mass is 9.81. The van der Waals surface area contributed by atoms with Gasteiger partial charge in [0.05, 0.1) is 5.56 Å². The molecule has 1 aliphatic carbocycles. The van der Waals surface area contributed by atoms with E-state index >= 15 is 0 Å². The SMILES string of the molecule is Cl.O=C1c2ccccc2C(=O)c2c(NCCCC3CCCN4CCCCC34)cccc21. The highest BCUT2D eigenvalue weighted by Gasteiger charge is 2.33. The highest BCUT2D eigenvalue weighted by atomic mass is 35.5. The highest BCUT2D eigenvalue weighted by molar-refractivity contribution is 6.30. The molecule has 2 aliphatic heterocycles. The number of carbonyl (C=O) groups excluding carboxylic acids is 2. The minimum atomic E-state index is -0.0524. The van der Waals surface area contributed by atoms with Crippen molar-refractivity contribution >= 4 is 29.7 Å². The molecule has 0 aromatic heterocycles. The Morgan fingerprint density at radius 1 is 0.839 bits per heavy atom. The van der Waals surface area contributed by atoms with Crippen molar-refractivity contribution in [3.8, 4) is 0 Å². The van der Waals surface area contributed by atoms with Crippen molar-refractivity contribution in [2.24, 2.45) is 5.92 Å². The first-order valence-corrected chi connectivity index (χ1v) is 11.5. The van der Waals surface area contributed by atoms with Gasteiger partial charge in [-0.25, -0.2) is 0 Å². The van der Waals surface area contributed by atoms with Crippen LogP contribution in [0.15, 0.2) is 42.5 Å². The summed E-state index contributed by atoms with van der Waals surface area (Å²) in [5.74, 6) is 0.706. The molecule has 164 valence electrons. The van der Waals surface area contributed by atoms with Crippen molar-refractivity contribution < 1.29 is 9.59 Å². The molecule has 5 heteroatoms. The first kappa shape index (κ1) is 22.0. The van der Waals surface area contributed by atoms with Crippen LogP contribution in [0.5, 0.6) is 0 Å². The van der Waals surface area contributed by atoms with E-state index in [9.17, 15) is 9.59 Å². The number of anilines is 1. The Balaban J connectivity index is 0.00000231. The normalized spacial score (nSPS) is 22.7. The van der Waals surface area contributed by atoms with Crippen molar-refractivity contribution in [3.05, 3.63) is 64.7 Å². The summed E-state index contributed by atoms with van der Waals surface area (Å²) in [5, 5.41) is 3.48. The Bertz CT molecular complexity index is 972. The molecule has 31 heavy (non-hydrogen) atoms. The number of nitrogens with one attached hydrogen (secondary N) is 1. The fraction of sp³-hybridized carbons (Fsp3) is 0.462. The van der Waals surface area contributed by atoms with Crippen molar-refractivity contribution in [1.82, 2.24) is 4.90 Å². The van der Waals surface area contributed by atoms with Crippen molar-refractivity contribution in [2.75, 3.05) is 25.0 Å². The summed E-state index contributed by atoms with van der Waals surface area (Å²) >= 11 is 0. The van der Waals surface area contributed by atoms with Crippen LogP contribution in [0.4, 0.5) is 5.69 Å². The number of halogens is 1. The van der Waals surface area contributed by atoms with E-state index in [1.54, 1.807) is 18.2 Å². The number of hydrogen-bond donors (Lipinski definition) is 1. The topological polar surface area (TPSA) is 49.4 Å². The molecular formula is C26H31ClN2O2. The lowest BCUT2D eigenvalue weighted by Crippen LogP contribution is -2.47. The lowest BCUT2D eigenvalue weighted by Gasteiger charge is -2.44. The van der Waals surface area contributed by atoms with E-state index in [0.717, 1.165) is 30.6 Å². The van der Waals surface area contributed by atoms with Gasteiger partial charge in [-0.2, -0.15) is 0 Å². The number of hydrogen-bond acceptors (Lipinski definition) is 4. The largest absolute Gasteiger partial charge is 0.384 e. The summed E-state index contributed by atoms with van der Waals surface area (Å²) in [6.07, 6.45) is 9.11. The summed E-state index contributed by atoms with van der Waals surface area (Å²) in [7, 11) is 0. The zero-order valence-electron chi connectivity index (χ0n) is 17.9. The number of carbonyl (C=O) groups is 2. The molecule has 2 fully saturated rings. The monoisotopic (exact) mass is 438 g/mol. The molecule has 2 aromatic rings. The Kier molecular flexibility index (Phi) is 6.78. The van der Waals surface area contributed by atoms with Gasteiger partial charge >= 0.3 is 0 Å². The summed E-state index contributed by atoms with van der Waals surface area (Å²) in [5.41, 5.74) is 2.89. The standard InChI is InChI=1S/C26H30N2O2.ClH/c29-25-19-10-1-2-11-20(19)26(30)24-21(25)12-5-13-22(24)27-15-6-8-18-9-7-17-28-16-4-3-14-23(18)28;/h1-2,5,10-13,18,23,27H,3-4,6-9,14-17H2;1H. The van der Waals surface area contributed by atoms with Gasteiger partial charge in [-0.05, 0) is 63.6 Å². The highest BCUT2D eigenvalue weighted by Crippen LogP contribution is 2.34. The van der Waals surface area contributed by atoms with E-state index in [-0.39, 0.29) is 24.0 Å². The van der Waals surface area contributed by atoms with Gasteiger partial charge in [0.25, 0.3) is 0 Å². The first-order chi connectivity index (χ1) is 14.7. The Labute approximate surface area is 190 Å². The van der Waals surface area contributed by atoms with Gasteiger partial charge in [0.15, 0.2) is 11.6 Å².